The predicted octanol–water partition coefficient (Wildman–Crippen LogP) is 5.20. The molecule has 3 nitrogen and oxygen atoms in total. The number of halogens is 1. The zero-order valence-electron chi connectivity index (χ0n) is 13.3. The van der Waals surface area contributed by atoms with Crippen molar-refractivity contribution in [2.24, 2.45) is 7.05 Å². The van der Waals surface area contributed by atoms with Crippen LogP contribution >= 0.6 is 11.6 Å². The van der Waals surface area contributed by atoms with Crippen molar-refractivity contribution in [1.82, 2.24) is 9.78 Å². The summed E-state index contributed by atoms with van der Waals surface area (Å²) in [6.45, 7) is 2.76. The molecule has 0 aliphatic rings. The maximum atomic E-state index is 6.06. The Morgan fingerprint density at radius 1 is 1.00 bits per heavy atom. The maximum absolute atomic E-state index is 6.06. The summed E-state index contributed by atoms with van der Waals surface area (Å²) in [5, 5.41) is 5.41. The SMILES string of the molecule is CCCOc1c(-c2ccccc2)nn(C)c1-c1ccc(Cl)cc1. The molecule has 1 heterocycles. The van der Waals surface area contributed by atoms with Crippen LogP contribution in [0.4, 0.5) is 0 Å². The molecule has 0 saturated carbocycles. The fourth-order valence-electron chi connectivity index (χ4n) is 2.56. The first-order valence-corrected chi connectivity index (χ1v) is 8.09. The highest BCUT2D eigenvalue weighted by atomic mass is 35.5. The molecule has 0 fully saturated rings. The van der Waals surface area contributed by atoms with Crippen molar-refractivity contribution in [2.75, 3.05) is 6.61 Å². The van der Waals surface area contributed by atoms with E-state index in [2.05, 4.69) is 6.92 Å². The average Bonchev–Trinajstić information content (AvgIpc) is 2.91. The van der Waals surface area contributed by atoms with Gasteiger partial charge >= 0.3 is 0 Å². The number of nitrogens with zero attached hydrogens (tertiary/aromatic N) is 2. The summed E-state index contributed by atoms with van der Waals surface area (Å²) in [4.78, 5) is 0. The Hall–Kier alpha value is -2.26. The van der Waals surface area contributed by atoms with Gasteiger partial charge in [0.15, 0.2) is 5.75 Å². The molecule has 3 rings (SSSR count). The molecule has 0 radical (unpaired) electrons. The van der Waals surface area contributed by atoms with Gasteiger partial charge in [-0.15, -0.1) is 0 Å². The van der Waals surface area contributed by atoms with E-state index in [1.807, 2.05) is 66.3 Å². The van der Waals surface area contributed by atoms with E-state index in [0.29, 0.717) is 6.61 Å². The molecule has 2 aromatic carbocycles. The molecule has 118 valence electrons. The highest BCUT2D eigenvalue weighted by molar-refractivity contribution is 6.30. The summed E-state index contributed by atoms with van der Waals surface area (Å²) in [5.74, 6) is 0.822. The molecule has 0 aliphatic carbocycles. The lowest BCUT2D eigenvalue weighted by Crippen LogP contribution is -1.98. The lowest BCUT2D eigenvalue weighted by Gasteiger charge is -2.09. The minimum atomic E-state index is 0.659. The molecular weight excluding hydrogens is 308 g/mol. The lowest BCUT2D eigenvalue weighted by molar-refractivity contribution is 0.320. The van der Waals surface area contributed by atoms with Crippen LogP contribution in [0.3, 0.4) is 0 Å². The Labute approximate surface area is 141 Å². The normalized spacial score (nSPS) is 10.7. The van der Waals surface area contributed by atoms with Crippen LogP contribution in [0.1, 0.15) is 13.3 Å². The smallest absolute Gasteiger partial charge is 0.173 e. The zero-order valence-corrected chi connectivity index (χ0v) is 14.0. The van der Waals surface area contributed by atoms with Gasteiger partial charge in [0, 0.05) is 23.2 Å². The summed E-state index contributed by atoms with van der Waals surface area (Å²) >= 11 is 6.01. The molecule has 0 amide bonds. The number of ether oxygens (including phenoxy) is 1. The number of aromatic nitrogens is 2. The molecule has 3 aromatic rings. The minimum Gasteiger partial charge on any atom is -0.489 e. The number of benzene rings is 2. The Balaban J connectivity index is 2.15. The minimum absolute atomic E-state index is 0.659. The summed E-state index contributed by atoms with van der Waals surface area (Å²) in [5.41, 5.74) is 3.92. The van der Waals surface area contributed by atoms with Crippen LogP contribution in [0.5, 0.6) is 5.75 Å². The van der Waals surface area contributed by atoms with E-state index in [1.54, 1.807) is 0 Å². The second kappa shape index (κ2) is 6.88. The molecule has 0 saturated heterocycles. The van der Waals surface area contributed by atoms with Crippen LogP contribution in [-0.2, 0) is 7.05 Å². The van der Waals surface area contributed by atoms with E-state index in [1.165, 1.54) is 0 Å². The Kier molecular flexibility index (Phi) is 4.68. The monoisotopic (exact) mass is 326 g/mol. The van der Waals surface area contributed by atoms with Crippen molar-refractivity contribution in [3.63, 3.8) is 0 Å². The first-order valence-electron chi connectivity index (χ1n) is 7.72. The van der Waals surface area contributed by atoms with Crippen molar-refractivity contribution < 1.29 is 4.74 Å². The second-order valence-electron chi connectivity index (χ2n) is 5.37. The molecule has 23 heavy (non-hydrogen) atoms. The molecule has 0 bridgehead atoms. The van der Waals surface area contributed by atoms with Crippen LogP contribution in [-0.4, -0.2) is 16.4 Å². The van der Waals surface area contributed by atoms with Gasteiger partial charge in [-0.25, -0.2) is 0 Å². The fourth-order valence-corrected chi connectivity index (χ4v) is 2.68. The van der Waals surface area contributed by atoms with Gasteiger partial charge in [-0.1, -0.05) is 61.0 Å². The van der Waals surface area contributed by atoms with Gasteiger partial charge in [-0.2, -0.15) is 5.10 Å². The Morgan fingerprint density at radius 3 is 2.35 bits per heavy atom. The first-order chi connectivity index (χ1) is 11.2. The van der Waals surface area contributed by atoms with E-state index in [-0.39, 0.29) is 0 Å². The molecule has 0 aliphatic heterocycles. The standard InChI is InChI=1S/C19H19ClN2O/c1-3-13-23-19-17(14-7-5-4-6-8-14)21-22(2)18(19)15-9-11-16(20)12-10-15/h4-12H,3,13H2,1-2H3. The highest BCUT2D eigenvalue weighted by Crippen LogP contribution is 2.38. The average molecular weight is 327 g/mol. The number of hydrogen-bond donors (Lipinski definition) is 0. The predicted molar refractivity (Wildman–Crippen MR) is 94.9 cm³/mol. The summed E-state index contributed by atoms with van der Waals surface area (Å²) < 4.78 is 7.93. The van der Waals surface area contributed by atoms with Gasteiger partial charge in [-0.3, -0.25) is 4.68 Å². The topological polar surface area (TPSA) is 27.1 Å². The van der Waals surface area contributed by atoms with E-state index >= 15 is 0 Å². The van der Waals surface area contributed by atoms with Crippen LogP contribution in [0.15, 0.2) is 54.6 Å². The number of aryl methyl sites for hydroxylation is 1. The van der Waals surface area contributed by atoms with Crippen molar-refractivity contribution in [1.29, 1.82) is 0 Å². The van der Waals surface area contributed by atoms with Crippen molar-refractivity contribution in [3.05, 3.63) is 59.6 Å². The molecule has 4 heteroatoms. The van der Waals surface area contributed by atoms with Crippen LogP contribution in [0, 0.1) is 0 Å². The molecule has 0 unspecified atom stereocenters. The summed E-state index contributed by atoms with van der Waals surface area (Å²) in [6.07, 6.45) is 0.948. The first kappa shape index (κ1) is 15.6. The van der Waals surface area contributed by atoms with Crippen molar-refractivity contribution in [2.45, 2.75) is 13.3 Å². The van der Waals surface area contributed by atoms with E-state index in [9.17, 15) is 0 Å². The van der Waals surface area contributed by atoms with Gasteiger partial charge in [0.25, 0.3) is 0 Å². The maximum Gasteiger partial charge on any atom is 0.173 e. The Bertz CT molecular complexity index is 779. The van der Waals surface area contributed by atoms with Gasteiger partial charge in [0.1, 0.15) is 11.4 Å². The molecule has 0 spiro atoms. The van der Waals surface area contributed by atoms with Crippen LogP contribution < -0.4 is 4.74 Å². The summed E-state index contributed by atoms with van der Waals surface area (Å²) in [7, 11) is 1.94. The molecule has 1 aromatic heterocycles. The Morgan fingerprint density at radius 2 is 1.70 bits per heavy atom. The van der Waals surface area contributed by atoms with Gasteiger partial charge in [0.05, 0.1) is 6.61 Å². The van der Waals surface area contributed by atoms with E-state index in [0.717, 1.165) is 39.7 Å². The highest BCUT2D eigenvalue weighted by Gasteiger charge is 2.20. The third-order valence-corrected chi connectivity index (χ3v) is 3.87. The van der Waals surface area contributed by atoms with Gasteiger partial charge < -0.3 is 4.74 Å². The molecule has 0 atom stereocenters. The molecular formula is C19H19ClN2O. The fraction of sp³-hybridized carbons (Fsp3) is 0.211. The quantitative estimate of drug-likeness (QED) is 0.644. The van der Waals surface area contributed by atoms with Crippen molar-refractivity contribution >= 4 is 11.6 Å². The van der Waals surface area contributed by atoms with Crippen LogP contribution in [0.25, 0.3) is 22.5 Å². The van der Waals surface area contributed by atoms with E-state index in [4.69, 9.17) is 21.4 Å². The second-order valence-corrected chi connectivity index (χ2v) is 5.81. The largest absolute Gasteiger partial charge is 0.489 e. The molecule has 0 N–H and O–H groups in total. The summed E-state index contributed by atoms with van der Waals surface area (Å²) in [6, 6.07) is 17.9. The third-order valence-electron chi connectivity index (χ3n) is 3.62. The van der Waals surface area contributed by atoms with Crippen LogP contribution in [0.2, 0.25) is 5.02 Å². The van der Waals surface area contributed by atoms with Crippen molar-refractivity contribution in [3.8, 4) is 28.3 Å². The number of hydrogen-bond acceptors (Lipinski definition) is 2. The van der Waals surface area contributed by atoms with E-state index < -0.39 is 0 Å². The van der Waals surface area contributed by atoms with Gasteiger partial charge in [0.2, 0.25) is 0 Å². The number of rotatable bonds is 5. The zero-order chi connectivity index (χ0) is 16.2. The third kappa shape index (κ3) is 3.25. The lowest BCUT2D eigenvalue weighted by atomic mass is 10.1. The van der Waals surface area contributed by atoms with Gasteiger partial charge in [-0.05, 0) is 18.6 Å².